The number of aliphatic hydroxyl groups excluding tert-OH is 2. The lowest BCUT2D eigenvalue weighted by Crippen LogP contribution is -2.22. The van der Waals surface area contributed by atoms with Gasteiger partial charge in [-0.05, 0) is 17.0 Å². The van der Waals surface area contributed by atoms with E-state index < -0.39 is 12.2 Å². The fourth-order valence-corrected chi connectivity index (χ4v) is 1.76. The number of hydrogen-bond donors (Lipinski definition) is 3. The summed E-state index contributed by atoms with van der Waals surface area (Å²) in [6, 6.07) is 5.51. The summed E-state index contributed by atoms with van der Waals surface area (Å²) in [6.45, 7) is 6.23. The lowest BCUT2D eigenvalue weighted by atomic mass is 9.85. The molecule has 1 aromatic rings. The number of alkyl halides is 1. The van der Waals surface area contributed by atoms with Crippen LogP contribution in [0.2, 0.25) is 0 Å². The van der Waals surface area contributed by atoms with E-state index in [4.69, 9.17) is 17.3 Å². The Morgan fingerprint density at radius 3 is 2.35 bits per heavy atom. The van der Waals surface area contributed by atoms with Crippen LogP contribution >= 0.6 is 11.6 Å². The Bertz CT molecular complexity index is 387. The fourth-order valence-electron chi connectivity index (χ4n) is 1.59. The highest BCUT2D eigenvalue weighted by molar-refractivity contribution is 6.18. The molecule has 96 valence electrons. The summed E-state index contributed by atoms with van der Waals surface area (Å²) in [6.07, 6.45) is -2.05. The summed E-state index contributed by atoms with van der Waals surface area (Å²) >= 11 is 5.53. The molecule has 0 fully saturated rings. The summed E-state index contributed by atoms with van der Waals surface area (Å²) in [5.74, 6) is -0.0274. The van der Waals surface area contributed by atoms with Crippen molar-refractivity contribution >= 4 is 17.3 Å². The van der Waals surface area contributed by atoms with Crippen molar-refractivity contribution < 1.29 is 10.2 Å². The lowest BCUT2D eigenvalue weighted by Gasteiger charge is -2.23. The van der Waals surface area contributed by atoms with Crippen LogP contribution in [0.3, 0.4) is 0 Å². The minimum atomic E-state index is -1.05. The largest absolute Gasteiger partial charge is 0.398 e. The Kier molecular flexibility index (Phi) is 4.42. The molecular formula is C13H20ClNO2. The van der Waals surface area contributed by atoms with E-state index in [2.05, 4.69) is 20.8 Å². The standard InChI is InChI=1S/C13H20ClNO2/c1-13(2,3)8-4-5-10(15)9(6-8)12(17)11(16)7-14/h4-6,11-12,16-17H,7,15H2,1-3H3. The molecule has 0 radical (unpaired) electrons. The van der Waals surface area contributed by atoms with Gasteiger partial charge in [-0.15, -0.1) is 11.6 Å². The minimum absolute atomic E-state index is 0.0274. The number of halogens is 1. The molecule has 2 atom stereocenters. The van der Waals surface area contributed by atoms with Gasteiger partial charge in [0.1, 0.15) is 6.10 Å². The number of nitrogens with two attached hydrogens (primary N) is 1. The van der Waals surface area contributed by atoms with Crippen LogP contribution in [0, 0.1) is 0 Å². The van der Waals surface area contributed by atoms with Crippen LogP contribution in [0.5, 0.6) is 0 Å². The summed E-state index contributed by atoms with van der Waals surface area (Å²) in [4.78, 5) is 0. The smallest absolute Gasteiger partial charge is 0.108 e. The Morgan fingerprint density at radius 1 is 1.29 bits per heavy atom. The van der Waals surface area contributed by atoms with Gasteiger partial charge in [0.25, 0.3) is 0 Å². The first-order chi connectivity index (χ1) is 7.77. The van der Waals surface area contributed by atoms with E-state index in [-0.39, 0.29) is 11.3 Å². The zero-order valence-corrected chi connectivity index (χ0v) is 11.2. The van der Waals surface area contributed by atoms with Crippen LogP contribution in [-0.4, -0.2) is 22.2 Å². The average molecular weight is 258 g/mol. The Balaban J connectivity index is 3.15. The fraction of sp³-hybridized carbons (Fsp3) is 0.538. The van der Waals surface area contributed by atoms with E-state index in [1.807, 2.05) is 12.1 Å². The molecule has 1 rings (SSSR count). The monoisotopic (exact) mass is 257 g/mol. The van der Waals surface area contributed by atoms with Crippen molar-refractivity contribution in [1.29, 1.82) is 0 Å². The van der Waals surface area contributed by atoms with E-state index in [9.17, 15) is 10.2 Å². The molecule has 0 aromatic heterocycles. The molecule has 0 aliphatic carbocycles. The molecule has 0 bridgehead atoms. The van der Waals surface area contributed by atoms with Gasteiger partial charge in [0, 0.05) is 11.3 Å². The quantitative estimate of drug-likeness (QED) is 0.575. The Labute approximate surface area is 107 Å². The van der Waals surface area contributed by atoms with Crippen molar-refractivity contribution in [3.05, 3.63) is 29.3 Å². The van der Waals surface area contributed by atoms with Crippen LogP contribution in [-0.2, 0) is 5.41 Å². The normalized spacial score (nSPS) is 15.6. The van der Waals surface area contributed by atoms with Crippen molar-refractivity contribution in [3.8, 4) is 0 Å². The first-order valence-corrected chi connectivity index (χ1v) is 6.13. The van der Waals surface area contributed by atoms with Gasteiger partial charge >= 0.3 is 0 Å². The van der Waals surface area contributed by atoms with Crippen LogP contribution in [0.25, 0.3) is 0 Å². The van der Waals surface area contributed by atoms with Crippen molar-refractivity contribution in [2.75, 3.05) is 11.6 Å². The maximum absolute atomic E-state index is 9.95. The zero-order valence-electron chi connectivity index (χ0n) is 10.4. The molecule has 0 amide bonds. The molecule has 4 heteroatoms. The van der Waals surface area contributed by atoms with Crippen LogP contribution in [0.15, 0.2) is 18.2 Å². The topological polar surface area (TPSA) is 66.5 Å². The summed E-state index contributed by atoms with van der Waals surface area (Å²) in [5, 5.41) is 19.5. The summed E-state index contributed by atoms with van der Waals surface area (Å²) < 4.78 is 0. The zero-order chi connectivity index (χ0) is 13.2. The van der Waals surface area contributed by atoms with Gasteiger partial charge in [-0.3, -0.25) is 0 Å². The van der Waals surface area contributed by atoms with Gasteiger partial charge < -0.3 is 15.9 Å². The minimum Gasteiger partial charge on any atom is -0.398 e. The summed E-state index contributed by atoms with van der Waals surface area (Å²) in [5.41, 5.74) is 7.84. The van der Waals surface area contributed by atoms with E-state index in [0.29, 0.717) is 11.3 Å². The third kappa shape index (κ3) is 3.35. The predicted molar refractivity (Wildman–Crippen MR) is 71.2 cm³/mol. The van der Waals surface area contributed by atoms with Gasteiger partial charge in [0.2, 0.25) is 0 Å². The molecule has 0 spiro atoms. The van der Waals surface area contributed by atoms with Crippen molar-refractivity contribution in [3.63, 3.8) is 0 Å². The SMILES string of the molecule is CC(C)(C)c1ccc(N)c(C(O)C(O)CCl)c1. The Morgan fingerprint density at radius 2 is 1.88 bits per heavy atom. The maximum atomic E-state index is 9.95. The second-order valence-electron chi connectivity index (χ2n) is 5.26. The van der Waals surface area contributed by atoms with Gasteiger partial charge in [0.05, 0.1) is 12.0 Å². The molecule has 3 nitrogen and oxygen atoms in total. The molecule has 1 aromatic carbocycles. The van der Waals surface area contributed by atoms with E-state index in [1.165, 1.54) is 0 Å². The van der Waals surface area contributed by atoms with Gasteiger partial charge in [-0.25, -0.2) is 0 Å². The number of rotatable bonds is 3. The van der Waals surface area contributed by atoms with E-state index in [0.717, 1.165) is 5.56 Å². The van der Waals surface area contributed by atoms with Gasteiger partial charge in [-0.1, -0.05) is 32.9 Å². The molecule has 0 aliphatic rings. The van der Waals surface area contributed by atoms with Crippen molar-refractivity contribution in [1.82, 2.24) is 0 Å². The van der Waals surface area contributed by atoms with Gasteiger partial charge in [0.15, 0.2) is 0 Å². The molecule has 4 N–H and O–H groups in total. The number of benzene rings is 1. The first-order valence-electron chi connectivity index (χ1n) is 5.59. The molecule has 0 aliphatic heterocycles. The molecule has 2 unspecified atom stereocenters. The number of aliphatic hydroxyl groups is 2. The number of hydrogen-bond acceptors (Lipinski definition) is 3. The van der Waals surface area contributed by atoms with Crippen LogP contribution in [0.1, 0.15) is 38.0 Å². The van der Waals surface area contributed by atoms with E-state index >= 15 is 0 Å². The van der Waals surface area contributed by atoms with Crippen molar-refractivity contribution in [2.45, 2.75) is 38.4 Å². The van der Waals surface area contributed by atoms with Crippen LogP contribution in [0.4, 0.5) is 5.69 Å². The maximum Gasteiger partial charge on any atom is 0.108 e. The molecule has 0 saturated heterocycles. The second-order valence-corrected chi connectivity index (χ2v) is 5.57. The highest BCUT2D eigenvalue weighted by Crippen LogP contribution is 2.30. The lowest BCUT2D eigenvalue weighted by molar-refractivity contribution is 0.0331. The van der Waals surface area contributed by atoms with Crippen molar-refractivity contribution in [2.24, 2.45) is 0 Å². The molecule has 0 saturated carbocycles. The highest BCUT2D eigenvalue weighted by atomic mass is 35.5. The molecule has 17 heavy (non-hydrogen) atoms. The van der Waals surface area contributed by atoms with Gasteiger partial charge in [-0.2, -0.15) is 0 Å². The van der Waals surface area contributed by atoms with Crippen LogP contribution < -0.4 is 5.73 Å². The molecular weight excluding hydrogens is 238 g/mol. The number of nitrogen functional groups attached to an aromatic ring is 1. The third-order valence-electron chi connectivity index (χ3n) is 2.79. The van der Waals surface area contributed by atoms with E-state index in [1.54, 1.807) is 6.07 Å². The predicted octanol–water partition coefficient (Wildman–Crippen LogP) is 2.20. The molecule has 0 heterocycles. The third-order valence-corrected chi connectivity index (χ3v) is 3.11. The summed E-state index contributed by atoms with van der Waals surface area (Å²) in [7, 11) is 0. The second kappa shape index (κ2) is 5.25. The Hall–Kier alpha value is -0.770. The average Bonchev–Trinajstić information content (AvgIpc) is 2.26. The number of anilines is 1. The highest BCUT2D eigenvalue weighted by Gasteiger charge is 2.22. The first kappa shape index (κ1) is 14.3.